The van der Waals surface area contributed by atoms with Gasteiger partial charge in [0.05, 0.1) is 0 Å². The van der Waals surface area contributed by atoms with E-state index in [1.807, 2.05) is 31.2 Å². The zero-order valence-electron chi connectivity index (χ0n) is 27.5. The van der Waals surface area contributed by atoms with E-state index >= 15 is 0 Å². The van der Waals surface area contributed by atoms with E-state index in [2.05, 4.69) is 81.1 Å². The molecule has 4 rings (SSSR count). The third-order valence-electron chi connectivity index (χ3n) is 9.75. The number of alkyl halides is 1. The van der Waals surface area contributed by atoms with E-state index in [9.17, 15) is 20.1 Å². The molecule has 6 heteroatoms. The van der Waals surface area contributed by atoms with Crippen LogP contribution in [-0.2, 0) is 32.9 Å². The molecular formula is C40H45IO5. The first-order valence-electron chi connectivity index (χ1n) is 15.9. The lowest BCUT2D eigenvalue weighted by atomic mass is 9.73. The summed E-state index contributed by atoms with van der Waals surface area (Å²) in [7, 11) is 0. The van der Waals surface area contributed by atoms with Crippen LogP contribution in [0.4, 0.5) is 0 Å². The Morgan fingerprint density at radius 2 is 1.24 bits per heavy atom. The smallest absolute Gasteiger partial charge is 0.335 e. The zero-order chi connectivity index (χ0) is 33.6. The number of carbonyl (C=O) groups excluding carboxylic acids is 1. The summed E-state index contributed by atoms with van der Waals surface area (Å²) >= 11 is 2.30. The SMILES string of the molecule is C=CC(=O)Oc1ccc(C(C)(CC)c2cc(CI)c(O)c(CCCc3cc(C(C)(CC)c4ccc(O)cc4)cc(C)c3O)c2)cc1. The van der Waals surface area contributed by atoms with Crippen LogP contribution in [-0.4, -0.2) is 21.3 Å². The van der Waals surface area contributed by atoms with E-state index in [1.165, 1.54) is 0 Å². The molecule has 0 saturated heterocycles. The highest BCUT2D eigenvalue weighted by atomic mass is 127. The average molecular weight is 733 g/mol. The van der Waals surface area contributed by atoms with Crippen LogP contribution in [0, 0.1) is 6.92 Å². The second-order valence-corrected chi connectivity index (χ2v) is 13.3. The first kappa shape index (κ1) is 35.1. The first-order valence-corrected chi connectivity index (χ1v) is 17.4. The van der Waals surface area contributed by atoms with E-state index < -0.39 is 5.97 Å². The number of carbonyl (C=O) groups is 1. The quantitative estimate of drug-likeness (QED) is 0.0419. The van der Waals surface area contributed by atoms with Gasteiger partial charge < -0.3 is 20.1 Å². The molecule has 3 N–H and O–H groups in total. The largest absolute Gasteiger partial charge is 0.508 e. The van der Waals surface area contributed by atoms with Crippen molar-refractivity contribution in [2.24, 2.45) is 0 Å². The lowest BCUT2D eigenvalue weighted by Gasteiger charge is -2.31. The average Bonchev–Trinajstić information content (AvgIpc) is 3.07. The molecule has 2 unspecified atom stereocenters. The molecule has 2 atom stereocenters. The fraction of sp³-hybridized carbons (Fsp3) is 0.325. The zero-order valence-corrected chi connectivity index (χ0v) is 29.6. The van der Waals surface area contributed by atoms with Gasteiger partial charge in [-0.15, -0.1) is 0 Å². The number of aryl methyl sites for hydroxylation is 3. The van der Waals surface area contributed by atoms with E-state index in [0.717, 1.165) is 69.8 Å². The van der Waals surface area contributed by atoms with Gasteiger partial charge in [-0.05, 0) is 102 Å². The number of halogens is 1. The van der Waals surface area contributed by atoms with Crippen LogP contribution in [0.25, 0.3) is 0 Å². The van der Waals surface area contributed by atoms with Crippen molar-refractivity contribution < 1.29 is 24.9 Å². The van der Waals surface area contributed by atoms with Gasteiger partial charge in [-0.1, -0.05) is 105 Å². The Morgan fingerprint density at radius 3 is 1.74 bits per heavy atom. The highest BCUT2D eigenvalue weighted by Crippen LogP contribution is 2.41. The van der Waals surface area contributed by atoms with Crippen molar-refractivity contribution in [2.45, 2.75) is 82.0 Å². The number of hydrogen-bond donors (Lipinski definition) is 3. The van der Waals surface area contributed by atoms with E-state index in [4.69, 9.17) is 4.74 Å². The Bertz CT molecular complexity index is 1690. The van der Waals surface area contributed by atoms with Crippen molar-refractivity contribution >= 4 is 28.6 Å². The molecule has 46 heavy (non-hydrogen) atoms. The van der Waals surface area contributed by atoms with Crippen LogP contribution >= 0.6 is 22.6 Å². The van der Waals surface area contributed by atoms with Crippen molar-refractivity contribution in [1.82, 2.24) is 0 Å². The van der Waals surface area contributed by atoms with Gasteiger partial charge in [-0.2, -0.15) is 0 Å². The number of rotatable bonds is 13. The summed E-state index contributed by atoms with van der Waals surface area (Å²) in [4.78, 5) is 11.7. The number of phenols is 3. The predicted molar refractivity (Wildman–Crippen MR) is 195 cm³/mol. The minimum absolute atomic E-state index is 0.242. The van der Waals surface area contributed by atoms with Crippen LogP contribution in [0.15, 0.2) is 85.5 Å². The molecule has 242 valence electrons. The topological polar surface area (TPSA) is 87.0 Å². The third-order valence-corrected chi connectivity index (χ3v) is 10.6. The molecule has 0 aliphatic rings. The van der Waals surface area contributed by atoms with Crippen LogP contribution < -0.4 is 4.74 Å². The number of ether oxygens (including phenoxy) is 1. The summed E-state index contributed by atoms with van der Waals surface area (Å²) in [5, 5.41) is 32.2. The molecule has 0 spiro atoms. The second kappa shape index (κ2) is 14.8. The maximum absolute atomic E-state index is 11.7. The standard InChI is InChI=1S/C40H45IO5/c1-7-36(43)46-35-19-15-31(16-20-35)40(6,9-3)33-23-28(38(45)29(24-33)25-41)12-10-11-27-22-32(21-26(4)37(27)44)39(5,8-2)30-13-17-34(42)18-14-30/h7,13-24,42,44-45H,1,8-12,25H2,2-6H3. The number of benzene rings is 4. The lowest BCUT2D eigenvalue weighted by Crippen LogP contribution is -2.23. The number of hydrogen-bond acceptors (Lipinski definition) is 5. The molecule has 0 aliphatic carbocycles. The molecule has 0 aliphatic heterocycles. The van der Waals surface area contributed by atoms with Crippen molar-refractivity contribution in [1.29, 1.82) is 0 Å². The summed E-state index contributed by atoms with van der Waals surface area (Å²) in [6.45, 7) is 14.1. The molecular weight excluding hydrogens is 687 g/mol. The molecule has 0 heterocycles. The van der Waals surface area contributed by atoms with Crippen molar-refractivity contribution in [2.75, 3.05) is 0 Å². The summed E-state index contributed by atoms with van der Waals surface area (Å²) in [5.41, 5.74) is 7.39. The fourth-order valence-corrected chi connectivity index (χ4v) is 6.81. The summed E-state index contributed by atoms with van der Waals surface area (Å²) < 4.78 is 5.96. The normalized spacial score (nSPS) is 13.9. The molecule has 0 amide bonds. The Balaban J connectivity index is 1.62. The summed E-state index contributed by atoms with van der Waals surface area (Å²) in [6.07, 6.45) is 4.91. The maximum atomic E-state index is 11.7. The molecule has 5 nitrogen and oxygen atoms in total. The molecule has 0 aromatic heterocycles. The Labute approximate surface area is 287 Å². The summed E-state index contributed by atoms with van der Waals surface area (Å²) in [5.74, 6) is 0.874. The van der Waals surface area contributed by atoms with Crippen LogP contribution in [0.2, 0.25) is 0 Å². The molecule has 4 aromatic carbocycles. The maximum Gasteiger partial charge on any atom is 0.335 e. The highest BCUT2D eigenvalue weighted by molar-refractivity contribution is 14.1. The van der Waals surface area contributed by atoms with Crippen molar-refractivity contribution in [3.8, 4) is 23.0 Å². The van der Waals surface area contributed by atoms with E-state index in [1.54, 1.807) is 24.3 Å². The number of phenolic OH excluding ortho intramolecular Hbond substituents is 3. The van der Waals surface area contributed by atoms with Gasteiger partial charge in [0.15, 0.2) is 0 Å². The molecule has 0 radical (unpaired) electrons. The lowest BCUT2D eigenvalue weighted by molar-refractivity contribution is -0.128. The number of aromatic hydroxyl groups is 3. The van der Waals surface area contributed by atoms with E-state index in [-0.39, 0.29) is 16.6 Å². The molecule has 0 bridgehead atoms. The monoisotopic (exact) mass is 732 g/mol. The minimum atomic E-state index is -0.493. The van der Waals surface area contributed by atoms with Gasteiger partial charge in [0.1, 0.15) is 23.0 Å². The summed E-state index contributed by atoms with van der Waals surface area (Å²) in [6, 6.07) is 23.4. The first-order chi connectivity index (χ1) is 21.9. The van der Waals surface area contributed by atoms with Gasteiger partial charge >= 0.3 is 5.97 Å². The van der Waals surface area contributed by atoms with Crippen LogP contribution in [0.1, 0.15) is 91.5 Å². The second-order valence-electron chi connectivity index (χ2n) is 12.5. The van der Waals surface area contributed by atoms with Gasteiger partial charge in [-0.3, -0.25) is 0 Å². The van der Waals surface area contributed by atoms with Crippen LogP contribution in [0.3, 0.4) is 0 Å². The highest BCUT2D eigenvalue weighted by Gasteiger charge is 2.30. The van der Waals surface area contributed by atoms with Gasteiger partial charge in [0, 0.05) is 26.9 Å². The minimum Gasteiger partial charge on any atom is -0.508 e. The third kappa shape index (κ3) is 7.27. The van der Waals surface area contributed by atoms with Gasteiger partial charge in [0.2, 0.25) is 0 Å². The predicted octanol–water partition coefficient (Wildman–Crippen LogP) is 9.75. The molecule has 0 fully saturated rings. The van der Waals surface area contributed by atoms with Crippen molar-refractivity contribution in [3.63, 3.8) is 0 Å². The van der Waals surface area contributed by atoms with Crippen LogP contribution in [0.5, 0.6) is 23.0 Å². The Hall–Kier alpha value is -3.78. The fourth-order valence-electron chi connectivity index (χ4n) is 6.23. The Kier molecular flexibility index (Phi) is 11.3. The van der Waals surface area contributed by atoms with Gasteiger partial charge in [0.25, 0.3) is 0 Å². The van der Waals surface area contributed by atoms with Crippen molar-refractivity contribution in [3.05, 3.63) is 130 Å². The Morgan fingerprint density at radius 1 is 0.761 bits per heavy atom. The molecule has 0 saturated carbocycles. The molecule has 4 aromatic rings. The van der Waals surface area contributed by atoms with Gasteiger partial charge in [-0.25, -0.2) is 4.79 Å². The number of esters is 1. The van der Waals surface area contributed by atoms with E-state index in [0.29, 0.717) is 34.5 Å².